The Hall–Kier alpha value is -0.940. The van der Waals surface area contributed by atoms with Gasteiger partial charge in [-0.1, -0.05) is 134 Å². The van der Waals surface area contributed by atoms with Gasteiger partial charge in [0.05, 0.1) is 18.8 Å². The monoisotopic (exact) mass is 488 g/mol. The first-order chi connectivity index (χ1) is 17.4. The largest absolute Gasteiger partial charge is 0.379 e. The standard InChI is InChI=1S/C31H56N2O2/c1-2-3-4-5-6-7-8-9-10-11-12-13-14-15-16-20-25-34-28-31-24-23-30(35-31)27-33-32-26-29-21-18-17-19-22-29/h17-19,21-22,30-33H,2-16,20,23-28H2,1H3/t30-,31+/m0/s1. The fourth-order valence-corrected chi connectivity index (χ4v) is 4.97. The lowest BCUT2D eigenvalue weighted by atomic mass is 10.0. The molecule has 0 bridgehead atoms. The SMILES string of the molecule is CCCCCCCCCCCCCCCCCCOC[C@H]1CC[C@@H](CNNCc2ccccc2)O1. The number of hydrazine groups is 1. The summed E-state index contributed by atoms with van der Waals surface area (Å²) in [5, 5.41) is 0. The summed E-state index contributed by atoms with van der Waals surface area (Å²) in [4.78, 5) is 0. The molecule has 0 spiro atoms. The summed E-state index contributed by atoms with van der Waals surface area (Å²) in [6, 6.07) is 10.5. The second-order valence-electron chi connectivity index (χ2n) is 10.6. The van der Waals surface area contributed by atoms with E-state index in [1.165, 1.54) is 108 Å². The van der Waals surface area contributed by atoms with Crippen molar-refractivity contribution in [1.29, 1.82) is 0 Å². The molecule has 1 heterocycles. The van der Waals surface area contributed by atoms with E-state index in [-0.39, 0.29) is 6.10 Å². The Morgan fingerprint density at radius 1 is 0.686 bits per heavy atom. The van der Waals surface area contributed by atoms with Crippen molar-refractivity contribution in [3.05, 3.63) is 35.9 Å². The molecule has 202 valence electrons. The van der Waals surface area contributed by atoms with Crippen LogP contribution >= 0.6 is 0 Å². The number of unbranched alkanes of at least 4 members (excludes halogenated alkanes) is 15. The minimum atomic E-state index is 0.275. The van der Waals surface area contributed by atoms with Gasteiger partial charge in [0.15, 0.2) is 0 Å². The summed E-state index contributed by atoms with van der Waals surface area (Å²) in [5.74, 6) is 0. The lowest BCUT2D eigenvalue weighted by Crippen LogP contribution is -2.37. The van der Waals surface area contributed by atoms with Gasteiger partial charge in [-0.05, 0) is 24.8 Å². The molecular formula is C31H56N2O2. The quantitative estimate of drug-likeness (QED) is 0.114. The predicted octanol–water partition coefficient (Wildman–Crippen LogP) is 8.11. The Bertz CT molecular complexity index is 568. The van der Waals surface area contributed by atoms with Gasteiger partial charge < -0.3 is 9.47 Å². The molecule has 2 atom stereocenters. The molecule has 1 saturated heterocycles. The van der Waals surface area contributed by atoms with Crippen LogP contribution in [0.3, 0.4) is 0 Å². The Kier molecular flexibility index (Phi) is 19.3. The van der Waals surface area contributed by atoms with Gasteiger partial charge in [0.2, 0.25) is 0 Å². The van der Waals surface area contributed by atoms with Gasteiger partial charge in [-0.25, -0.2) is 0 Å². The summed E-state index contributed by atoms with van der Waals surface area (Å²) in [7, 11) is 0. The van der Waals surface area contributed by atoms with Crippen molar-refractivity contribution in [2.45, 2.75) is 141 Å². The van der Waals surface area contributed by atoms with E-state index >= 15 is 0 Å². The van der Waals surface area contributed by atoms with E-state index < -0.39 is 0 Å². The van der Waals surface area contributed by atoms with Gasteiger partial charge in [0, 0.05) is 19.7 Å². The summed E-state index contributed by atoms with van der Waals surface area (Å²) < 4.78 is 12.0. The normalized spacial score (nSPS) is 17.9. The minimum absolute atomic E-state index is 0.275. The molecule has 4 nitrogen and oxygen atoms in total. The number of rotatable bonds is 24. The van der Waals surface area contributed by atoms with Crippen LogP contribution in [0.25, 0.3) is 0 Å². The Morgan fingerprint density at radius 2 is 1.23 bits per heavy atom. The summed E-state index contributed by atoms with van der Waals surface area (Å²) in [6.07, 6.45) is 25.3. The molecule has 0 aliphatic carbocycles. The fourth-order valence-electron chi connectivity index (χ4n) is 4.97. The van der Waals surface area contributed by atoms with Crippen molar-refractivity contribution < 1.29 is 9.47 Å². The van der Waals surface area contributed by atoms with E-state index in [9.17, 15) is 0 Å². The molecule has 0 radical (unpaired) electrons. The average Bonchev–Trinajstić information content (AvgIpc) is 3.34. The van der Waals surface area contributed by atoms with Gasteiger partial charge in [0.25, 0.3) is 0 Å². The lowest BCUT2D eigenvalue weighted by Gasteiger charge is -2.15. The van der Waals surface area contributed by atoms with Crippen LogP contribution in [0.15, 0.2) is 30.3 Å². The van der Waals surface area contributed by atoms with Crippen LogP contribution < -0.4 is 10.9 Å². The zero-order chi connectivity index (χ0) is 24.7. The van der Waals surface area contributed by atoms with E-state index in [0.29, 0.717) is 6.10 Å². The van der Waals surface area contributed by atoms with Crippen LogP contribution in [0, 0.1) is 0 Å². The maximum Gasteiger partial charge on any atom is 0.0813 e. The average molecular weight is 489 g/mol. The molecular weight excluding hydrogens is 432 g/mol. The molecule has 0 amide bonds. The van der Waals surface area contributed by atoms with Crippen molar-refractivity contribution in [3.63, 3.8) is 0 Å². The molecule has 4 heteroatoms. The number of hydrogen-bond acceptors (Lipinski definition) is 4. The van der Waals surface area contributed by atoms with E-state index in [1.807, 2.05) is 6.07 Å². The molecule has 1 aromatic rings. The predicted molar refractivity (Wildman–Crippen MR) is 150 cm³/mol. The number of hydrogen-bond donors (Lipinski definition) is 2. The van der Waals surface area contributed by atoms with Gasteiger partial charge >= 0.3 is 0 Å². The Morgan fingerprint density at radius 3 is 1.83 bits per heavy atom. The van der Waals surface area contributed by atoms with Gasteiger partial charge in [-0.3, -0.25) is 10.9 Å². The van der Waals surface area contributed by atoms with Crippen molar-refractivity contribution in [2.24, 2.45) is 0 Å². The topological polar surface area (TPSA) is 42.5 Å². The second kappa shape index (κ2) is 22.3. The first-order valence-electron chi connectivity index (χ1n) is 15.1. The Balaban J connectivity index is 1.26. The van der Waals surface area contributed by atoms with Crippen molar-refractivity contribution in [1.82, 2.24) is 10.9 Å². The van der Waals surface area contributed by atoms with Crippen LogP contribution in [0.2, 0.25) is 0 Å². The second-order valence-corrected chi connectivity index (χ2v) is 10.6. The summed E-state index contributed by atoms with van der Waals surface area (Å²) in [6.45, 7) is 5.62. The van der Waals surface area contributed by atoms with Crippen molar-refractivity contribution in [3.8, 4) is 0 Å². The zero-order valence-corrected chi connectivity index (χ0v) is 22.9. The third kappa shape index (κ3) is 17.2. The van der Waals surface area contributed by atoms with Crippen LogP contribution in [-0.2, 0) is 16.0 Å². The van der Waals surface area contributed by atoms with E-state index in [1.54, 1.807) is 0 Å². The van der Waals surface area contributed by atoms with E-state index in [4.69, 9.17) is 9.47 Å². The van der Waals surface area contributed by atoms with Gasteiger partial charge in [0.1, 0.15) is 0 Å². The summed E-state index contributed by atoms with van der Waals surface area (Å²) in [5.41, 5.74) is 7.88. The third-order valence-electron chi connectivity index (χ3n) is 7.23. The molecule has 1 fully saturated rings. The molecule has 1 aliphatic heterocycles. The number of benzene rings is 1. The van der Waals surface area contributed by atoms with Crippen molar-refractivity contribution in [2.75, 3.05) is 19.8 Å². The van der Waals surface area contributed by atoms with Crippen LogP contribution in [0.5, 0.6) is 0 Å². The molecule has 1 aromatic carbocycles. The van der Waals surface area contributed by atoms with Gasteiger partial charge in [-0.15, -0.1) is 0 Å². The molecule has 0 saturated carbocycles. The molecule has 2 N–H and O–H groups in total. The van der Waals surface area contributed by atoms with E-state index in [0.717, 1.165) is 39.1 Å². The maximum absolute atomic E-state index is 6.12. The first kappa shape index (κ1) is 30.3. The maximum atomic E-state index is 6.12. The zero-order valence-electron chi connectivity index (χ0n) is 22.9. The van der Waals surface area contributed by atoms with E-state index in [2.05, 4.69) is 42.0 Å². The highest BCUT2D eigenvalue weighted by molar-refractivity contribution is 5.13. The number of ether oxygens (including phenoxy) is 2. The lowest BCUT2D eigenvalue weighted by molar-refractivity contribution is -0.0158. The first-order valence-corrected chi connectivity index (χ1v) is 15.1. The summed E-state index contributed by atoms with van der Waals surface area (Å²) >= 11 is 0. The van der Waals surface area contributed by atoms with Crippen LogP contribution in [-0.4, -0.2) is 32.0 Å². The number of nitrogens with one attached hydrogen (secondary N) is 2. The highest BCUT2D eigenvalue weighted by Crippen LogP contribution is 2.19. The highest BCUT2D eigenvalue weighted by Gasteiger charge is 2.24. The molecule has 35 heavy (non-hydrogen) atoms. The smallest absolute Gasteiger partial charge is 0.0813 e. The minimum Gasteiger partial charge on any atom is -0.379 e. The van der Waals surface area contributed by atoms with Crippen LogP contribution in [0.1, 0.15) is 128 Å². The highest BCUT2D eigenvalue weighted by atomic mass is 16.5. The van der Waals surface area contributed by atoms with Crippen molar-refractivity contribution >= 4 is 0 Å². The molecule has 0 unspecified atom stereocenters. The third-order valence-corrected chi connectivity index (χ3v) is 7.23. The molecule has 2 rings (SSSR count). The van der Waals surface area contributed by atoms with Crippen LogP contribution in [0.4, 0.5) is 0 Å². The van der Waals surface area contributed by atoms with Gasteiger partial charge in [-0.2, -0.15) is 0 Å². The fraction of sp³-hybridized carbons (Fsp3) is 0.806. The molecule has 0 aromatic heterocycles. The Labute approximate surface area is 217 Å². The molecule has 1 aliphatic rings.